The lowest BCUT2D eigenvalue weighted by atomic mass is 10.1. The number of ketones is 1. The number of fused-ring (bicyclic) bond motifs is 1. The maximum absolute atomic E-state index is 12.2. The number of hydrogen-bond acceptors (Lipinski definition) is 4. The van der Waals surface area contributed by atoms with Crippen molar-refractivity contribution in [3.63, 3.8) is 0 Å². The Bertz CT molecular complexity index is 719. The van der Waals surface area contributed by atoms with Gasteiger partial charge in [-0.15, -0.1) is 0 Å². The van der Waals surface area contributed by atoms with Crippen molar-refractivity contribution in [2.45, 2.75) is 0 Å². The number of methoxy groups -OCH3 is 1. The van der Waals surface area contributed by atoms with Gasteiger partial charge >= 0.3 is 0 Å². The highest BCUT2D eigenvalue weighted by atomic mass is 16.6. The number of hydrogen-bond donors (Lipinski definition) is 0. The van der Waals surface area contributed by atoms with E-state index < -0.39 is 0 Å². The van der Waals surface area contributed by atoms with Crippen LogP contribution in [0.25, 0.3) is 6.08 Å². The molecule has 4 heteroatoms. The summed E-state index contributed by atoms with van der Waals surface area (Å²) in [4.78, 5) is 12.2. The Morgan fingerprint density at radius 1 is 1.09 bits per heavy atom. The second-order valence-corrected chi connectivity index (χ2v) is 4.83. The van der Waals surface area contributed by atoms with Crippen LogP contribution in [-0.4, -0.2) is 26.1 Å². The number of carbonyl (C=O) groups is 1. The Balaban J connectivity index is 1.77. The number of carbonyl (C=O) groups excluding carboxylic acids is 1. The molecule has 0 spiro atoms. The third kappa shape index (κ3) is 3.11. The molecule has 1 heterocycles. The lowest BCUT2D eigenvalue weighted by Crippen LogP contribution is -2.15. The van der Waals surface area contributed by atoms with Crippen LogP contribution in [-0.2, 0) is 0 Å². The Hall–Kier alpha value is -2.75. The van der Waals surface area contributed by atoms with Gasteiger partial charge in [0.2, 0.25) is 0 Å². The highest BCUT2D eigenvalue weighted by Crippen LogP contribution is 2.31. The minimum atomic E-state index is -0.0752. The molecule has 0 unspecified atom stereocenters. The van der Waals surface area contributed by atoms with Crippen molar-refractivity contribution in [3.8, 4) is 17.2 Å². The van der Waals surface area contributed by atoms with Crippen LogP contribution in [0, 0.1) is 0 Å². The van der Waals surface area contributed by atoms with Crippen LogP contribution >= 0.6 is 0 Å². The lowest BCUT2D eigenvalue weighted by Gasteiger charge is -2.18. The number of allylic oxidation sites excluding steroid dienone is 1. The SMILES string of the molecule is COc1cccc(C(=O)C=Cc2ccc3c(c2)OCCO3)c1. The number of ether oxygens (including phenoxy) is 3. The van der Waals surface area contributed by atoms with Crippen molar-refractivity contribution in [1.82, 2.24) is 0 Å². The summed E-state index contributed by atoms with van der Waals surface area (Å²) in [5.74, 6) is 2.04. The fourth-order valence-electron chi connectivity index (χ4n) is 2.21. The molecule has 0 amide bonds. The first-order valence-corrected chi connectivity index (χ1v) is 7.02. The summed E-state index contributed by atoms with van der Waals surface area (Å²) in [7, 11) is 1.58. The molecule has 1 aliphatic rings. The zero-order chi connectivity index (χ0) is 15.4. The number of rotatable bonds is 4. The van der Waals surface area contributed by atoms with Gasteiger partial charge < -0.3 is 14.2 Å². The predicted octanol–water partition coefficient (Wildman–Crippen LogP) is 3.36. The van der Waals surface area contributed by atoms with E-state index in [2.05, 4.69) is 0 Å². The van der Waals surface area contributed by atoms with E-state index in [1.54, 1.807) is 43.5 Å². The van der Waals surface area contributed by atoms with E-state index >= 15 is 0 Å². The lowest BCUT2D eigenvalue weighted by molar-refractivity contribution is 0.104. The van der Waals surface area contributed by atoms with E-state index in [9.17, 15) is 4.79 Å². The van der Waals surface area contributed by atoms with Crippen molar-refractivity contribution in [3.05, 3.63) is 59.7 Å². The first-order valence-electron chi connectivity index (χ1n) is 7.02. The maximum Gasteiger partial charge on any atom is 0.185 e. The standard InChI is InChI=1S/C18H16O4/c1-20-15-4-2-3-14(12-15)16(19)7-5-13-6-8-17-18(11-13)22-10-9-21-17/h2-8,11-12H,9-10H2,1H3. The van der Waals surface area contributed by atoms with Gasteiger partial charge in [-0.3, -0.25) is 4.79 Å². The van der Waals surface area contributed by atoms with Crippen molar-refractivity contribution in [2.75, 3.05) is 20.3 Å². The first-order chi connectivity index (χ1) is 10.8. The largest absolute Gasteiger partial charge is 0.497 e. The summed E-state index contributed by atoms with van der Waals surface area (Å²) < 4.78 is 16.1. The third-order valence-electron chi connectivity index (χ3n) is 3.35. The Morgan fingerprint density at radius 3 is 2.73 bits per heavy atom. The van der Waals surface area contributed by atoms with Crippen LogP contribution in [0.3, 0.4) is 0 Å². The van der Waals surface area contributed by atoms with Crippen molar-refractivity contribution in [1.29, 1.82) is 0 Å². The zero-order valence-electron chi connectivity index (χ0n) is 12.2. The molecule has 0 atom stereocenters. The molecule has 2 aromatic carbocycles. The summed E-state index contributed by atoms with van der Waals surface area (Å²) in [5, 5.41) is 0. The van der Waals surface area contributed by atoms with Gasteiger partial charge in [0, 0.05) is 5.56 Å². The van der Waals surface area contributed by atoms with Crippen molar-refractivity contribution >= 4 is 11.9 Å². The van der Waals surface area contributed by atoms with E-state index in [4.69, 9.17) is 14.2 Å². The molecule has 112 valence electrons. The topological polar surface area (TPSA) is 44.8 Å². The van der Waals surface area contributed by atoms with Gasteiger partial charge in [-0.25, -0.2) is 0 Å². The number of benzene rings is 2. The normalized spacial score (nSPS) is 13.1. The highest BCUT2D eigenvalue weighted by molar-refractivity contribution is 6.07. The van der Waals surface area contributed by atoms with Gasteiger partial charge in [-0.1, -0.05) is 24.3 Å². The van der Waals surface area contributed by atoms with E-state index in [-0.39, 0.29) is 5.78 Å². The van der Waals surface area contributed by atoms with E-state index in [0.29, 0.717) is 30.3 Å². The van der Waals surface area contributed by atoms with Gasteiger partial charge in [0.05, 0.1) is 7.11 Å². The molecule has 0 N–H and O–H groups in total. The second kappa shape index (κ2) is 6.35. The summed E-state index contributed by atoms with van der Waals surface area (Å²) >= 11 is 0. The van der Waals surface area contributed by atoms with Gasteiger partial charge in [0.15, 0.2) is 17.3 Å². The van der Waals surface area contributed by atoms with Crippen LogP contribution < -0.4 is 14.2 Å². The zero-order valence-corrected chi connectivity index (χ0v) is 12.2. The maximum atomic E-state index is 12.2. The van der Waals surface area contributed by atoms with Gasteiger partial charge in [0.25, 0.3) is 0 Å². The molecule has 1 aliphatic heterocycles. The van der Waals surface area contributed by atoms with Crippen LogP contribution in [0.15, 0.2) is 48.5 Å². The van der Waals surface area contributed by atoms with E-state index in [0.717, 1.165) is 11.3 Å². The average Bonchev–Trinajstić information content (AvgIpc) is 2.59. The molecular formula is C18H16O4. The molecule has 0 bridgehead atoms. The minimum Gasteiger partial charge on any atom is -0.497 e. The molecule has 0 saturated carbocycles. The molecule has 0 aliphatic carbocycles. The molecule has 0 radical (unpaired) electrons. The van der Waals surface area contributed by atoms with Gasteiger partial charge in [-0.2, -0.15) is 0 Å². The molecular weight excluding hydrogens is 280 g/mol. The summed E-state index contributed by atoms with van der Waals surface area (Å²) in [6, 6.07) is 12.7. The first kappa shape index (κ1) is 14.2. The third-order valence-corrected chi connectivity index (χ3v) is 3.35. The molecule has 3 rings (SSSR count). The average molecular weight is 296 g/mol. The summed E-state index contributed by atoms with van der Waals surface area (Å²) in [6.07, 6.45) is 3.31. The van der Waals surface area contributed by atoms with Crippen LogP contribution in [0.1, 0.15) is 15.9 Å². The highest BCUT2D eigenvalue weighted by Gasteiger charge is 2.11. The smallest absolute Gasteiger partial charge is 0.185 e. The van der Waals surface area contributed by atoms with E-state index in [1.165, 1.54) is 0 Å². The van der Waals surface area contributed by atoms with Crippen molar-refractivity contribution < 1.29 is 19.0 Å². The van der Waals surface area contributed by atoms with Gasteiger partial charge in [0.1, 0.15) is 19.0 Å². The fraction of sp³-hybridized carbons (Fsp3) is 0.167. The Morgan fingerprint density at radius 2 is 1.91 bits per heavy atom. The predicted molar refractivity (Wildman–Crippen MR) is 83.8 cm³/mol. The molecule has 0 saturated heterocycles. The van der Waals surface area contributed by atoms with E-state index in [1.807, 2.05) is 18.2 Å². The molecule has 22 heavy (non-hydrogen) atoms. The Labute approximate surface area is 128 Å². The van der Waals surface area contributed by atoms with Crippen LogP contribution in [0.5, 0.6) is 17.2 Å². The molecule has 0 aromatic heterocycles. The second-order valence-electron chi connectivity index (χ2n) is 4.83. The van der Waals surface area contributed by atoms with Crippen LogP contribution in [0.2, 0.25) is 0 Å². The quantitative estimate of drug-likeness (QED) is 0.641. The molecule has 4 nitrogen and oxygen atoms in total. The van der Waals surface area contributed by atoms with Crippen LogP contribution in [0.4, 0.5) is 0 Å². The fourth-order valence-corrected chi connectivity index (χ4v) is 2.21. The molecule has 2 aromatic rings. The summed E-state index contributed by atoms with van der Waals surface area (Å²) in [5.41, 5.74) is 1.48. The summed E-state index contributed by atoms with van der Waals surface area (Å²) in [6.45, 7) is 1.11. The molecule has 0 fully saturated rings. The van der Waals surface area contributed by atoms with Crippen molar-refractivity contribution in [2.24, 2.45) is 0 Å². The Kier molecular flexibility index (Phi) is 4.10. The monoisotopic (exact) mass is 296 g/mol. The van der Waals surface area contributed by atoms with Gasteiger partial charge in [-0.05, 0) is 35.9 Å². The minimum absolute atomic E-state index is 0.0752.